The number of rotatable bonds is 5. The van der Waals surface area contributed by atoms with Crippen LogP contribution in [0.25, 0.3) is 6.08 Å². The van der Waals surface area contributed by atoms with Crippen LogP contribution in [-0.4, -0.2) is 18.9 Å². The molecule has 0 atom stereocenters. The number of benzene rings is 3. The number of para-hydroxylation sites is 1. The van der Waals surface area contributed by atoms with E-state index in [2.05, 4.69) is 13.0 Å². The number of amides is 1. The van der Waals surface area contributed by atoms with E-state index in [1.807, 2.05) is 78.9 Å². The molecular weight excluding hydrogens is 360 g/mol. The van der Waals surface area contributed by atoms with Gasteiger partial charge in [0.15, 0.2) is 0 Å². The summed E-state index contributed by atoms with van der Waals surface area (Å²) in [6.45, 7) is 2.09. The van der Waals surface area contributed by atoms with Gasteiger partial charge in [-0.25, -0.2) is 4.99 Å². The molecule has 3 aromatic rings. The SMILES string of the molecule is CCc1ccccc1N1C(=O)C(=Cc2ccc(OC)cc2)N=C1c1ccccc1. The lowest BCUT2D eigenvalue weighted by atomic mass is 10.1. The van der Waals surface area contributed by atoms with Crippen LogP contribution >= 0.6 is 0 Å². The summed E-state index contributed by atoms with van der Waals surface area (Å²) in [5.74, 6) is 1.30. The van der Waals surface area contributed by atoms with Gasteiger partial charge >= 0.3 is 0 Å². The van der Waals surface area contributed by atoms with E-state index < -0.39 is 0 Å². The molecule has 1 amide bonds. The number of anilines is 1. The molecule has 0 aromatic heterocycles. The Bertz CT molecular complexity index is 1080. The number of carbonyl (C=O) groups excluding carboxylic acids is 1. The van der Waals surface area contributed by atoms with E-state index in [4.69, 9.17) is 9.73 Å². The first-order valence-electron chi connectivity index (χ1n) is 9.63. The third-order valence-corrected chi connectivity index (χ3v) is 4.92. The molecule has 1 aliphatic rings. The van der Waals surface area contributed by atoms with Gasteiger partial charge in [0.1, 0.15) is 17.3 Å². The van der Waals surface area contributed by atoms with Crippen molar-refractivity contribution in [2.75, 3.05) is 12.0 Å². The molecule has 4 nitrogen and oxygen atoms in total. The predicted octanol–water partition coefficient (Wildman–Crippen LogP) is 5.09. The lowest BCUT2D eigenvalue weighted by Crippen LogP contribution is -2.33. The maximum atomic E-state index is 13.4. The van der Waals surface area contributed by atoms with Gasteiger partial charge in [0.05, 0.1) is 12.8 Å². The Morgan fingerprint density at radius 2 is 1.62 bits per heavy atom. The maximum absolute atomic E-state index is 13.4. The van der Waals surface area contributed by atoms with Gasteiger partial charge in [-0.05, 0) is 41.8 Å². The molecule has 4 rings (SSSR count). The van der Waals surface area contributed by atoms with Gasteiger partial charge in [-0.2, -0.15) is 0 Å². The van der Waals surface area contributed by atoms with E-state index in [0.717, 1.165) is 34.5 Å². The summed E-state index contributed by atoms with van der Waals surface area (Å²) >= 11 is 0. The Morgan fingerprint density at radius 3 is 2.31 bits per heavy atom. The van der Waals surface area contributed by atoms with Crippen molar-refractivity contribution in [1.82, 2.24) is 0 Å². The number of nitrogens with zero attached hydrogens (tertiary/aromatic N) is 2. The second-order valence-corrected chi connectivity index (χ2v) is 6.73. The molecule has 0 saturated heterocycles. The largest absolute Gasteiger partial charge is 0.497 e. The van der Waals surface area contributed by atoms with Crippen molar-refractivity contribution in [3.05, 3.63) is 101 Å². The lowest BCUT2D eigenvalue weighted by molar-refractivity contribution is -0.113. The number of carbonyl (C=O) groups is 1. The highest BCUT2D eigenvalue weighted by molar-refractivity contribution is 6.33. The molecule has 0 N–H and O–H groups in total. The van der Waals surface area contributed by atoms with Crippen molar-refractivity contribution in [2.45, 2.75) is 13.3 Å². The zero-order valence-electron chi connectivity index (χ0n) is 16.5. The average Bonchev–Trinajstić information content (AvgIpc) is 3.10. The molecule has 0 bridgehead atoms. The molecule has 0 radical (unpaired) electrons. The van der Waals surface area contributed by atoms with Crippen molar-refractivity contribution in [1.29, 1.82) is 0 Å². The van der Waals surface area contributed by atoms with Crippen LogP contribution in [0.15, 0.2) is 89.6 Å². The minimum absolute atomic E-state index is 0.124. The van der Waals surface area contributed by atoms with Crippen LogP contribution in [0.2, 0.25) is 0 Å². The first kappa shape index (κ1) is 18.7. The third-order valence-electron chi connectivity index (χ3n) is 4.92. The molecule has 1 aliphatic heterocycles. The van der Waals surface area contributed by atoms with Crippen LogP contribution in [0.1, 0.15) is 23.6 Å². The molecule has 0 saturated carbocycles. The average molecular weight is 382 g/mol. The number of amidine groups is 1. The Labute approximate surface area is 170 Å². The molecule has 0 unspecified atom stereocenters. The second kappa shape index (κ2) is 8.15. The number of hydrogen-bond acceptors (Lipinski definition) is 3. The lowest BCUT2D eigenvalue weighted by Gasteiger charge is -2.21. The quantitative estimate of drug-likeness (QED) is 0.577. The summed E-state index contributed by atoms with van der Waals surface area (Å²) < 4.78 is 5.21. The molecule has 0 spiro atoms. The summed E-state index contributed by atoms with van der Waals surface area (Å²) in [5.41, 5.74) is 4.21. The Balaban J connectivity index is 1.81. The number of ether oxygens (including phenoxy) is 1. The topological polar surface area (TPSA) is 41.9 Å². The molecule has 29 heavy (non-hydrogen) atoms. The van der Waals surface area contributed by atoms with Gasteiger partial charge in [-0.3, -0.25) is 9.69 Å². The Kier molecular flexibility index (Phi) is 5.25. The first-order chi connectivity index (χ1) is 14.2. The minimum Gasteiger partial charge on any atom is -0.497 e. The zero-order valence-corrected chi connectivity index (χ0v) is 16.5. The van der Waals surface area contributed by atoms with Crippen molar-refractivity contribution in [2.24, 2.45) is 4.99 Å². The first-order valence-corrected chi connectivity index (χ1v) is 9.63. The van der Waals surface area contributed by atoms with Crippen molar-refractivity contribution in [3.8, 4) is 5.75 Å². The van der Waals surface area contributed by atoms with E-state index in [0.29, 0.717) is 11.5 Å². The number of methoxy groups -OCH3 is 1. The number of aryl methyl sites for hydroxylation is 1. The molecule has 0 fully saturated rings. The van der Waals surface area contributed by atoms with Crippen molar-refractivity contribution < 1.29 is 9.53 Å². The van der Waals surface area contributed by atoms with Crippen LogP contribution in [0, 0.1) is 0 Å². The van der Waals surface area contributed by atoms with E-state index in [9.17, 15) is 4.79 Å². The third kappa shape index (κ3) is 3.69. The molecule has 0 aliphatic carbocycles. The van der Waals surface area contributed by atoms with E-state index in [1.54, 1.807) is 12.0 Å². The smallest absolute Gasteiger partial charge is 0.282 e. The monoisotopic (exact) mass is 382 g/mol. The summed E-state index contributed by atoms with van der Waals surface area (Å²) in [6.07, 6.45) is 2.65. The van der Waals surface area contributed by atoms with Crippen LogP contribution in [-0.2, 0) is 11.2 Å². The molecule has 1 heterocycles. The fourth-order valence-corrected chi connectivity index (χ4v) is 3.41. The van der Waals surface area contributed by atoms with Crippen LogP contribution in [0.5, 0.6) is 5.75 Å². The van der Waals surface area contributed by atoms with E-state index in [1.165, 1.54) is 0 Å². The summed E-state index contributed by atoms with van der Waals surface area (Å²) in [4.78, 5) is 19.9. The predicted molar refractivity (Wildman–Crippen MR) is 117 cm³/mol. The fraction of sp³-hybridized carbons (Fsp3) is 0.120. The molecular formula is C25H22N2O2. The van der Waals surface area contributed by atoms with Gasteiger partial charge < -0.3 is 4.74 Å². The maximum Gasteiger partial charge on any atom is 0.282 e. The Hall–Kier alpha value is -3.66. The second-order valence-electron chi connectivity index (χ2n) is 6.73. The number of aliphatic imine (C=N–C) groups is 1. The standard InChI is InChI=1S/C25H22N2O2/c1-3-19-9-7-8-12-23(19)27-24(20-10-5-4-6-11-20)26-22(25(27)28)17-18-13-15-21(29-2)16-14-18/h4-17H,3H2,1-2H3. The van der Waals surface area contributed by atoms with E-state index >= 15 is 0 Å². The summed E-state index contributed by atoms with van der Waals surface area (Å²) in [6, 6.07) is 25.4. The molecule has 3 aromatic carbocycles. The van der Waals surface area contributed by atoms with Crippen LogP contribution < -0.4 is 9.64 Å². The fourth-order valence-electron chi connectivity index (χ4n) is 3.41. The minimum atomic E-state index is -0.124. The zero-order chi connectivity index (χ0) is 20.2. The van der Waals surface area contributed by atoms with Crippen molar-refractivity contribution in [3.63, 3.8) is 0 Å². The van der Waals surface area contributed by atoms with Gasteiger partial charge in [0, 0.05) is 5.56 Å². The van der Waals surface area contributed by atoms with Crippen LogP contribution in [0.4, 0.5) is 5.69 Å². The van der Waals surface area contributed by atoms with Gasteiger partial charge in [0.2, 0.25) is 0 Å². The highest BCUT2D eigenvalue weighted by Gasteiger charge is 2.33. The van der Waals surface area contributed by atoms with Gasteiger partial charge in [-0.15, -0.1) is 0 Å². The van der Waals surface area contributed by atoms with Gasteiger partial charge in [0.25, 0.3) is 5.91 Å². The highest BCUT2D eigenvalue weighted by atomic mass is 16.5. The molecule has 144 valence electrons. The van der Waals surface area contributed by atoms with E-state index in [-0.39, 0.29) is 5.91 Å². The Morgan fingerprint density at radius 1 is 0.931 bits per heavy atom. The molecule has 4 heteroatoms. The summed E-state index contributed by atoms with van der Waals surface area (Å²) in [7, 11) is 1.63. The highest BCUT2D eigenvalue weighted by Crippen LogP contribution is 2.30. The normalized spacial score (nSPS) is 15.0. The van der Waals surface area contributed by atoms with Crippen LogP contribution in [0.3, 0.4) is 0 Å². The number of hydrogen-bond donors (Lipinski definition) is 0. The van der Waals surface area contributed by atoms with Gasteiger partial charge in [-0.1, -0.05) is 67.6 Å². The van der Waals surface area contributed by atoms with Crippen molar-refractivity contribution >= 4 is 23.5 Å². The summed E-state index contributed by atoms with van der Waals surface area (Å²) in [5, 5.41) is 0.